The molecule has 0 aliphatic carbocycles. The first-order chi connectivity index (χ1) is 19.0. The highest BCUT2D eigenvalue weighted by Crippen LogP contribution is 2.27. The Bertz CT molecular complexity index is 1440. The molecule has 1 aromatic heterocycles. The maximum absolute atomic E-state index is 12.4. The molecule has 0 aliphatic rings. The third-order valence-electron chi connectivity index (χ3n) is 5.26. The van der Waals surface area contributed by atoms with Crippen molar-refractivity contribution in [3.63, 3.8) is 0 Å². The van der Waals surface area contributed by atoms with Crippen LogP contribution in [0.15, 0.2) is 85.1 Å². The number of fused-ring (bicyclic) bond motifs is 1. The number of nitrogens with zero attached hydrogens (tertiary/aromatic N) is 1. The molecule has 0 spiro atoms. The number of aromatic nitrogens is 1. The van der Waals surface area contributed by atoms with Crippen LogP contribution in [0.3, 0.4) is 0 Å². The minimum absolute atomic E-state index is 0.0620. The van der Waals surface area contributed by atoms with Gasteiger partial charge in [-0.2, -0.15) is 0 Å². The Labute approximate surface area is 240 Å². The van der Waals surface area contributed by atoms with Gasteiger partial charge in [-0.15, -0.1) is 0 Å². The highest BCUT2D eigenvalue weighted by atomic mass is 35.5. The zero-order chi connectivity index (χ0) is 29.7. The van der Waals surface area contributed by atoms with E-state index in [1.807, 2.05) is 68.5 Å². The molecule has 40 heavy (non-hydrogen) atoms. The van der Waals surface area contributed by atoms with Gasteiger partial charge in [0.05, 0.1) is 24.6 Å². The largest absolute Gasteiger partial charge is 0.497 e. The first-order valence-corrected chi connectivity index (χ1v) is 13.1. The van der Waals surface area contributed by atoms with Crippen molar-refractivity contribution in [3.05, 3.63) is 101 Å². The number of anilines is 2. The predicted molar refractivity (Wildman–Crippen MR) is 163 cm³/mol. The molecule has 3 aromatic carbocycles. The van der Waals surface area contributed by atoms with Gasteiger partial charge in [0, 0.05) is 33.5 Å². The van der Waals surface area contributed by atoms with Gasteiger partial charge in [-0.05, 0) is 86.2 Å². The van der Waals surface area contributed by atoms with Crippen LogP contribution in [0.1, 0.15) is 50.0 Å². The van der Waals surface area contributed by atoms with Gasteiger partial charge in [-0.1, -0.05) is 43.7 Å². The zero-order valence-electron chi connectivity index (χ0n) is 23.3. The minimum Gasteiger partial charge on any atom is -0.497 e. The summed E-state index contributed by atoms with van der Waals surface area (Å²) in [5.74, 6) is -0.314. The van der Waals surface area contributed by atoms with Crippen LogP contribution in [0.2, 0.25) is 5.02 Å². The number of hydrogen-bond acceptors (Lipinski definition) is 6. The number of rotatable bonds is 8. The molecule has 0 radical (unpaired) electrons. The number of aliphatic hydroxyl groups is 1. The van der Waals surface area contributed by atoms with Crippen LogP contribution in [0.4, 0.5) is 11.4 Å². The Balaban J connectivity index is 0.000000484. The third-order valence-corrected chi connectivity index (χ3v) is 5.49. The maximum Gasteiger partial charge on any atom is 0.306 e. The lowest BCUT2D eigenvalue weighted by Gasteiger charge is -2.12. The number of pyridine rings is 1. The molecule has 3 N–H and O–H groups in total. The van der Waals surface area contributed by atoms with Gasteiger partial charge in [-0.25, -0.2) is 0 Å². The number of carbonyl (C=O) groups excluding carboxylic acids is 1. The number of carbonyl (C=O) groups is 2. The summed E-state index contributed by atoms with van der Waals surface area (Å²) in [6.07, 6.45) is 4.93. The van der Waals surface area contributed by atoms with E-state index in [1.54, 1.807) is 43.6 Å². The molecule has 0 saturated heterocycles. The molecule has 210 valence electrons. The van der Waals surface area contributed by atoms with Gasteiger partial charge in [0.15, 0.2) is 5.78 Å². The fourth-order valence-corrected chi connectivity index (χ4v) is 3.67. The summed E-state index contributed by atoms with van der Waals surface area (Å²) in [5.41, 5.74) is 3.13. The molecule has 0 aliphatic heterocycles. The Morgan fingerprint density at radius 2 is 1.73 bits per heavy atom. The van der Waals surface area contributed by atoms with Crippen molar-refractivity contribution in [1.82, 2.24) is 4.98 Å². The molecular weight excluding hydrogens is 528 g/mol. The second-order valence-electron chi connectivity index (χ2n) is 9.08. The highest BCUT2D eigenvalue weighted by Gasteiger charge is 2.16. The zero-order valence-corrected chi connectivity index (χ0v) is 24.1. The fraction of sp³-hybridized carbons (Fsp3) is 0.219. The Hall–Kier alpha value is -4.20. The van der Waals surface area contributed by atoms with Crippen molar-refractivity contribution in [1.29, 1.82) is 0 Å². The highest BCUT2D eigenvalue weighted by molar-refractivity contribution is 6.31. The van der Waals surface area contributed by atoms with Crippen LogP contribution in [0.5, 0.6) is 5.75 Å². The number of halogens is 1. The van der Waals surface area contributed by atoms with Crippen LogP contribution >= 0.6 is 11.6 Å². The number of ether oxygens (including phenoxy) is 1. The molecule has 7 nitrogen and oxygen atoms in total. The van der Waals surface area contributed by atoms with E-state index in [2.05, 4.69) is 10.3 Å². The van der Waals surface area contributed by atoms with Crippen LogP contribution in [-0.2, 0) is 4.79 Å². The van der Waals surface area contributed by atoms with Gasteiger partial charge < -0.3 is 20.3 Å². The lowest BCUT2D eigenvalue weighted by molar-refractivity contribution is -0.141. The molecule has 0 saturated carbocycles. The summed E-state index contributed by atoms with van der Waals surface area (Å²) in [6.45, 7) is 6.92. The molecule has 0 fully saturated rings. The normalized spacial score (nSPS) is 10.7. The quantitative estimate of drug-likeness (QED) is 0.148. The number of carboxylic acids is 1. The van der Waals surface area contributed by atoms with Gasteiger partial charge in [-0.3, -0.25) is 14.6 Å². The van der Waals surface area contributed by atoms with Crippen molar-refractivity contribution in [2.24, 2.45) is 0 Å². The topological polar surface area (TPSA) is 109 Å². The number of allylic oxidation sites excluding steroid dienone is 1. The summed E-state index contributed by atoms with van der Waals surface area (Å²) < 4.78 is 5.13. The van der Waals surface area contributed by atoms with Crippen LogP contribution in [0, 0.1) is 0 Å². The number of methoxy groups -OCH3 is 1. The lowest BCUT2D eigenvalue weighted by atomic mass is 10.1. The lowest BCUT2D eigenvalue weighted by Crippen LogP contribution is -2.22. The fourth-order valence-electron chi connectivity index (χ4n) is 3.50. The molecule has 4 rings (SSSR count). The number of carboxylic acid groups (broad SMARTS) is 1. The molecular formula is C32H35ClN2O5. The Morgan fingerprint density at radius 1 is 1.02 bits per heavy atom. The summed E-state index contributed by atoms with van der Waals surface area (Å²) in [5, 5.41) is 22.0. The number of nitrogens with one attached hydrogen (secondary N) is 1. The van der Waals surface area contributed by atoms with Crippen LogP contribution in [-0.4, -0.2) is 39.7 Å². The number of benzene rings is 3. The van der Waals surface area contributed by atoms with Gasteiger partial charge >= 0.3 is 5.97 Å². The SMILES string of the molecule is CC.CC(C)(O)CC(=O)O.COc1ccc(C(=O)/C=C/c2cccc(Nc3ccnc4cc(Cl)ccc34)c2)cc1. The number of hydrogen-bond donors (Lipinski definition) is 3. The summed E-state index contributed by atoms with van der Waals surface area (Å²) >= 11 is 6.07. The van der Waals surface area contributed by atoms with E-state index >= 15 is 0 Å². The molecule has 0 amide bonds. The summed E-state index contributed by atoms with van der Waals surface area (Å²) in [4.78, 5) is 26.6. The van der Waals surface area contributed by atoms with E-state index in [1.165, 1.54) is 13.8 Å². The average molecular weight is 563 g/mol. The van der Waals surface area contributed by atoms with E-state index in [0.29, 0.717) is 10.6 Å². The number of ketones is 1. The molecule has 0 atom stereocenters. The van der Waals surface area contributed by atoms with Crippen LogP contribution in [0.25, 0.3) is 17.0 Å². The maximum atomic E-state index is 12.4. The van der Waals surface area contributed by atoms with Crippen LogP contribution < -0.4 is 10.1 Å². The Kier molecular flexibility index (Phi) is 12.3. The van der Waals surface area contributed by atoms with E-state index in [0.717, 1.165) is 33.6 Å². The molecule has 8 heteroatoms. The second kappa shape index (κ2) is 15.4. The van der Waals surface area contributed by atoms with Crippen molar-refractivity contribution >= 4 is 51.7 Å². The first kappa shape index (κ1) is 32.0. The molecule has 0 unspecified atom stereocenters. The molecule has 1 heterocycles. The number of aliphatic carboxylic acids is 1. The second-order valence-corrected chi connectivity index (χ2v) is 9.52. The summed E-state index contributed by atoms with van der Waals surface area (Å²) in [7, 11) is 1.60. The predicted octanol–water partition coefficient (Wildman–Crippen LogP) is 7.79. The van der Waals surface area contributed by atoms with Gasteiger partial charge in [0.2, 0.25) is 0 Å². The molecule has 0 bridgehead atoms. The van der Waals surface area contributed by atoms with Crippen molar-refractivity contribution < 1.29 is 24.5 Å². The standard InChI is InChI=1S/C25H19ClN2O2.C5H10O3.C2H6/c1-30-21-9-6-18(7-10-21)25(29)12-5-17-3-2-4-20(15-17)28-23-13-14-27-24-16-19(26)8-11-22(23)24;1-5(2,8)3-4(6)7;1-2/h2-16H,1H3,(H,27,28);8H,3H2,1-2H3,(H,6,7);1-2H3/b12-5+;;. The van der Waals surface area contributed by atoms with E-state index in [4.69, 9.17) is 26.6 Å². The van der Waals surface area contributed by atoms with E-state index in [-0.39, 0.29) is 12.2 Å². The van der Waals surface area contributed by atoms with E-state index in [9.17, 15) is 9.59 Å². The van der Waals surface area contributed by atoms with Gasteiger partial charge in [0.25, 0.3) is 0 Å². The van der Waals surface area contributed by atoms with Crippen molar-refractivity contribution in [2.45, 2.75) is 39.7 Å². The van der Waals surface area contributed by atoms with Crippen molar-refractivity contribution in [2.75, 3.05) is 12.4 Å². The van der Waals surface area contributed by atoms with E-state index < -0.39 is 11.6 Å². The molecule has 4 aromatic rings. The van der Waals surface area contributed by atoms with Gasteiger partial charge in [0.1, 0.15) is 5.75 Å². The first-order valence-electron chi connectivity index (χ1n) is 12.8. The summed E-state index contributed by atoms with van der Waals surface area (Å²) in [6, 6.07) is 22.5. The smallest absolute Gasteiger partial charge is 0.306 e. The van der Waals surface area contributed by atoms with Crippen molar-refractivity contribution in [3.8, 4) is 5.75 Å². The minimum atomic E-state index is -1.08. The Morgan fingerprint density at radius 3 is 2.33 bits per heavy atom. The average Bonchev–Trinajstić information content (AvgIpc) is 2.92. The third kappa shape index (κ3) is 10.5. The monoisotopic (exact) mass is 562 g/mol.